The van der Waals surface area contributed by atoms with Gasteiger partial charge in [-0.05, 0) is 30.4 Å². The standard InChI is InChI=1S/C20H28BN3O5/c25-15-17-13-16(5-6-18(17)21(28)29)20(27)24-11-9-22(10-12-24)14-19(26)23-7-3-1-2-4-8-23/h5-6,13,15,28-29H,1-4,7-12,14H2. The highest BCUT2D eigenvalue weighted by Crippen LogP contribution is 2.13. The molecule has 0 radical (unpaired) electrons. The molecule has 2 N–H and O–H groups in total. The summed E-state index contributed by atoms with van der Waals surface area (Å²) in [6, 6.07) is 4.27. The molecule has 0 saturated carbocycles. The molecule has 0 aromatic heterocycles. The lowest BCUT2D eigenvalue weighted by Crippen LogP contribution is -2.51. The fourth-order valence-electron chi connectivity index (χ4n) is 3.95. The molecule has 1 aromatic carbocycles. The molecular weight excluding hydrogens is 373 g/mol. The van der Waals surface area contributed by atoms with Crippen molar-refractivity contribution in [3.63, 3.8) is 0 Å². The van der Waals surface area contributed by atoms with Crippen LogP contribution in [0.15, 0.2) is 18.2 Å². The lowest BCUT2D eigenvalue weighted by molar-refractivity contribution is -0.132. The SMILES string of the molecule is O=Cc1cc(C(=O)N2CCN(CC(=O)N3CCCCCC3)CC2)ccc1B(O)O. The van der Waals surface area contributed by atoms with E-state index in [0.29, 0.717) is 44.6 Å². The number of hydrogen-bond acceptors (Lipinski definition) is 6. The molecule has 3 rings (SSSR count). The van der Waals surface area contributed by atoms with Crippen molar-refractivity contribution >= 4 is 30.7 Å². The maximum absolute atomic E-state index is 12.8. The second kappa shape index (κ2) is 10.0. The lowest BCUT2D eigenvalue weighted by Gasteiger charge is -2.35. The average molecular weight is 401 g/mol. The van der Waals surface area contributed by atoms with Gasteiger partial charge in [0.25, 0.3) is 5.91 Å². The van der Waals surface area contributed by atoms with Gasteiger partial charge in [0.05, 0.1) is 6.54 Å². The van der Waals surface area contributed by atoms with E-state index in [9.17, 15) is 24.4 Å². The molecule has 0 atom stereocenters. The number of aldehydes is 1. The Hall–Kier alpha value is -2.23. The first kappa shape index (κ1) is 21.5. The topological polar surface area (TPSA) is 101 Å². The molecule has 156 valence electrons. The fourth-order valence-corrected chi connectivity index (χ4v) is 3.95. The highest BCUT2D eigenvalue weighted by atomic mass is 16.4. The van der Waals surface area contributed by atoms with Crippen LogP contribution in [0.5, 0.6) is 0 Å². The summed E-state index contributed by atoms with van der Waals surface area (Å²) in [6.45, 7) is 4.34. The van der Waals surface area contributed by atoms with Crippen LogP contribution in [0.4, 0.5) is 0 Å². The van der Waals surface area contributed by atoms with Crippen molar-refractivity contribution in [3.8, 4) is 0 Å². The highest BCUT2D eigenvalue weighted by Gasteiger charge is 2.26. The first-order valence-electron chi connectivity index (χ1n) is 10.2. The van der Waals surface area contributed by atoms with E-state index in [-0.39, 0.29) is 22.8 Å². The number of nitrogens with zero attached hydrogens (tertiary/aromatic N) is 3. The molecule has 2 heterocycles. The van der Waals surface area contributed by atoms with E-state index in [1.165, 1.54) is 31.0 Å². The summed E-state index contributed by atoms with van der Waals surface area (Å²) in [5, 5.41) is 18.6. The Morgan fingerprint density at radius 1 is 0.931 bits per heavy atom. The van der Waals surface area contributed by atoms with Crippen molar-refractivity contribution in [1.29, 1.82) is 0 Å². The van der Waals surface area contributed by atoms with Crippen LogP contribution in [0.2, 0.25) is 0 Å². The van der Waals surface area contributed by atoms with E-state index in [2.05, 4.69) is 4.90 Å². The van der Waals surface area contributed by atoms with Crippen LogP contribution in [-0.2, 0) is 4.79 Å². The molecule has 9 heteroatoms. The fraction of sp³-hybridized carbons (Fsp3) is 0.550. The Kier molecular flexibility index (Phi) is 7.41. The maximum Gasteiger partial charge on any atom is 0.489 e. The number of piperazine rings is 1. The van der Waals surface area contributed by atoms with Gasteiger partial charge in [0.15, 0.2) is 0 Å². The van der Waals surface area contributed by atoms with Crippen molar-refractivity contribution < 1.29 is 24.4 Å². The predicted molar refractivity (Wildman–Crippen MR) is 109 cm³/mol. The van der Waals surface area contributed by atoms with Gasteiger partial charge in [0.1, 0.15) is 6.29 Å². The van der Waals surface area contributed by atoms with Gasteiger partial charge >= 0.3 is 7.12 Å². The lowest BCUT2D eigenvalue weighted by atomic mass is 9.77. The monoisotopic (exact) mass is 401 g/mol. The van der Waals surface area contributed by atoms with Crippen LogP contribution in [0.25, 0.3) is 0 Å². The van der Waals surface area contributed by atoms with Gasteiger partial charge in [-0.15, -0.1) is 0 Å². The number of carbonyl (C=O) groups is 3. The molecule has 0 bridgehead atoms. The van der Waals surface area contributed by atoms with E-state index < -0.39 is 7.12 Å². The minimum absolute atomic E-state index is 0.0772. The first-order chi connectivity index (χ1) is 14.0. The molecule has 2 saturated heterocycles. The van der Waals surface area contributed by atoms with Crippen molar-refractivity contribution in [2.45, 2.75) is 25.7 Å². The van der Waals surface area contributed by atoms with Gasteiger partial charge < -0.3 is 19.8 Å². The highest BCUT2D eigenvalue weighted by molar-refractivity contribution is 6.60. The quantitative estimate of drug-likeness (QED) is 0.502. The van der Waals surface area contributed by atoms with Gasteiger partial charge in [-0.3, -0.25) is 19.3 Å². The molecule has 0 spiro atoms. The van der Waals surface area contributed by atoms with Crippen LogP contribution >= 0.6 is 0 Å². The smallest absolute Gasteiger partial charge is 0.423 e. The molecule has 2 fully saturated rings. The van der Waals surface area contributed by atoms with Crippen molar-refractivity contribution in [3.05, 3.63) is 29.3 Å². The summed E-state index contributed by atoms with van der Waals surface area (Å²) >= 11 is 0. The third-order valence-corrected chi connectivity index (χ3v) is 5.72. The summed E-state index contributed by atoms with van der Waals surface area (Å²) in [7, 11) is -1.76. The molecule has 1 aromatic rings. The van der Waals surface area contributed by atoms with Gasteiger partial charge in [0.2, 0.25) is 5.91 Å². The number of rotatable bonds is 5. The normalized spacial score (nSPS) is 18.3. The predicted octanol–water partition coefficient (Wildman–Crippen LogP) is -0.661. The summed E-state index contributed by atoms with van der Waals surface area (Å²) in [6.07, 6.45) is 5.03. The van der Waals surface area contributed by atoms with Crippen LogP contribution in [-0.4, -0.2) is 95.8 Å². The average Bonchev–Trinajstić information content (AvgIpc) is 3.03. The Morgan fingerprint density at radius 3 is 2.17 bits per heavy atom. The molecule has 29 heavy (non-hydrogen) atoms. The van der Waals surface area contributed by atoms with Crippen LogP contribution < -0.4 is 5.46 Å². The second-order valence-electron chi connectivity index (χ2n) is 7.70. The molecule has 0 unspecified atom stereocenters. The van der Waals surface area contributed by atoms with Gasteiger partial charge in [0, 0.05) is 50.4 Å². The molecule has 8 nitrogen and oxygen atoms in total. The Labute approximate surface area is 171 Å². The van der Waals surface area contributed by atoms with Gasteiger partial charge in [-0.25, -0.2) is 0 Å². The van der Waals surface area contributed by atoms with Crippen LogP contribution in [0.1, 0.15) is 46.4 Å². The third kappa shape index (κ3) is 5.43. The Balaban J connectivity index is 1.54. The van der Waals surface area contributed by atoms with E-state index in [4.69, 9.17) is 0 Å². The van der Waals surface area contributed by atoms with Crippen molar-refractivity contribution in [1.82, 2.24) is 14.7 Å². The van der Waals surface area contributed by atoms with Crippen LogP contribution in [0.3, 0.4) is 0 Å². The van der Waals surface area contributed by atoms with E-state index in [1.807, 2.05) is 4.90 Å². The number of hydrogen-bond donors (Lipinski definition) is 2. The van der Waals surface area contributed by atoms with Gasteiger partial charge in [-0.2, -0.15) is 0 Å². The summed E-state index contributed by atoms with van der Waals surface area (Å²) in [5.41, 5.74) is 0.506. The third-order valence-electron chi connectivity index (χ3n) is 5.72. The summed E-state index contributed by atoms with van der Waals surface area (Å²) in [5.74, 6) is -0.0361. The maximum atomic E-state index is 12.8. The number of likely N-dealkylation sites (tertiary alicyclic amines) is 1. The minimum Gasteiger partial charge on any atom is -0.423 e. The van der Waals surface area contributed by atoms with E-state index in [0.717, 1.165) is 25.9 Å². The summed E-state index contributed by atoms with van der Waals surface area (Å²) in [4.78, 5) is 42.2. The Bertz CT molecular complexity index is 742. The Morgan fingerprint density at radius 2 is 1.59 bits per heavy atom. The molecule has 2 amide bonds. The zero-order chi connectivity index (χ0) is 20.8. The largest absolute Gasteiger partial charge is 0.489 e. The zero-order valence-electron chi connectivity index (χ0n) is 16.6. The van der Waals surface area contributed by atoms with Crippen molar-refractivity contribution in [2.24, 2.45) is 0 Å². The summed E-state index contributed by atoms with van der Waals surface area (Å²) < 4.78 is 0. The molecular formula is C20H28BN3O5. The van der Waals surface area contributed by atoms with E-state index in [1.54, 1.807) is 4.90 Å². The van der Waals surface area contributed by atoms with E-state index >= 15 is 0 Å². The first-order valence-corrected chi connectivity index (χ1v) is 10.2. The molecule has 2 aliphatic rings. The number of benzene rings is 1. The molecule has 0 aliphatic carbocycles. The molecule has 2 aliphatic heterocycles. The number of carbonyl (C=O) groups excluding carboxylic acids is 3. The zero-order valence-corrected chi connectivity index (χ0v) is 16.6. The number of amides is 2. The van der Waals surface area contributed by atoms with Gasteiger partial charge in [-0.1, -0.05) is 18.9 Å². The minimum atomic E-state index is -1.76. The second-order valence-corrected chi connectivity index (χ2v) is 7.70. The van der Waals surface area contributed by atoms with Crippen LogP contribution in [0, 0.1) is 0 Å². The van der Waals surface area contributed by atoms with Crippen molar-refractivity contribution in [2.75, 3.05) is 45.8 Å².